The molecule has 106 valence electrons. The van der Waals surface area contributed by atoms with Gasteiger partial charge in [0.25, 0.3) is 5.91 Å². The zero-order chi connectivity index (χ0) is 14.1. The number of fused-ring (bicyclic) bond motifs is 1. The van der Waals surface area contributed by atoms with Crippen molar-refractivity contribution in [2.24, 2.45) is 5.92 Å². The van der Waals surface area contributed by atoms with Crippen molar-refractivity contribution in [2.75, 3.05) is 6.54 Å². The molecule has 5 heteroatoms. The second kappa shape index (κ2) is 5.15. The average Bonchev–Trinajstić information content (AvgIpc) is 3.01. The summed E-state index contributed by atoms with van der Waals surface area (Å²) < 4.78 is 7.60. The van der Waals surface area contributed by atoms with Crippen LogP contribution in [0, 0.1) is 19.8 Å². The highest BCUT2D eigenvalue weighted by Gasteiger charge is 2.21. The number of amides is 1. The van der Waals surface area contributed by atoms with Crippen LogP contribution in [0.1, 0.15) is 34.1 Å². The van der Waals surface area contributed by atoms with Crippen LogP contribution in [0.4, 0.5) is 0 Å². The van der Waals surface area contributed by atoms with Crippen molar-refractivity contribution in [1.29, 1.82) is 0 Å². The topological polar surface area (TPSA) is 60.1 Å². The molecular weight excluding hydrogens is 254 g/mol. The van der Waals surface area contributed by atoms with Gasteiger partial charge in [-0.1, -0.05) is 0 Å². The Morgan fingerprint density at radius 2 is 2.40 bits per heavy atom. The van der Waals surface area contributed by atoms with Crippen molar-refractivity contribution in [1.82, 2.24) is 14.9 Å². The summed E-state index contributed by atoms with van der Waals surface area (Å²) in [7, 11) is 0. The van der Waals surface area contributed by atoms with Crippen molar-refractivity contribution in [3.8, 4) is 0 Å². The summed E-state index contributed by atoms with van der Waals surface area (Å²) >= 11 is 0. The first-order chi connectivity index (χ1) is 9.63. The highest BCUT2D eigenvalue weighted by atomic mass is 16.3. The molecule has 0 fully saturated rings. The van der Waals surface area contributed by atoms with E-state index < -0.39 is 0 Å². The fourth-order valence-corrected chi connectivity index (χ4v) is 2.79. The van der Waals surface area contributed by atoms with Crippen molar-refractivity contribution in [3.05, 3.63) is 41.4 Å². The van der Waals surface area contributed by atoms with E-state index in [1.165, 1.54) is 0 Å². The van der Waals surface area contributed by atoms with E-state index in [0.717, 1.165) is 36.5 Å². The first-order valence-corrected chi connectivity index (χ1v) is 6.98. The summed E-state index contributed by atoms with van der Waals surface area (Å²) in [4.78, 5) is 16.4. The molecule has 0 aliphatic carbocycles. The molecule has 1 amide bonds. The Hall–Kier alpha value is -2.04. The molecule has 0 aromatic carbocycles. The number of carbonyl (C=O) groups is 1. The molecule has 1 atom stereocenters. The van der Waals surface area contributed by atoms with Gasteiger partial charge in [-0.15, -0.1) is 0 Å². The van der Waals surface area contributed by atoms with Gasteiger partial charge in [0, 0.05) is 37.5 Å². The maximum absolute atomic E-state index is 12.1. The molecule has 0 unspecified atom stereocenters. The van der Waals surface area contributed by atoms with Gasteiger partial charge in [0.2, 0.25) is 0 Å². The number of carbonyl (C=O) groups excluding carboxylic acids is 1. The highest BCUT2D eigenvalue weighted by Crippen LogP contribution is 2.18. The van der Waals surface area contributed by atoms with Crippen LogP contribution < -0.4 is 5.32 Å². The Labute approximate surface area is 118 Å². The molecule has 1 aliphatic heterocycles. The van der Waals surface area contributed by atoms with Crippen molar-refractivity contribution in [3.63, 3.8) is 0 Å². The number of imidazole rings is 1. The molecule has 5 nitrogen and oxygen atoms in total. The zero-order valence-electron chi connectivity index (χ0n) is 11.8. The van der Waals surface area contributed by atoms with Gasteiger partial charge in [0.15, 0.2) is 5.76 Å². The molecule has 1 N–H and O–H groups in total. The van der Waals surface area contributed by atoms with Crippen molar-refractivity contribution >= 4 is 5.91 Å². The average molecular weight is 273 g/mol. The molecule has 0 radical (unpaired) electrons. The molecule has 0 bridgehead atoms. The normalized spacial score (nSPS) is 17.8. The second-order valence-corrected chi connectivity index (χ2v) is 5.48. The third kappa shape index (κ3) is 2.48. The lowest BCUT2D eigenvalue weighted by Gasteiger charge is -2.23. The Morgan fingerprint density at radius 3 is 3.15 bits per heavy atom. The van der Waals surface area contributed by atoms with Crippen molar-refractivity contribution in [2.45, 2.75) is 33.2 Å². The predicted octanol–water partition coefficient (Wildman–Crippen LogP) is 2.09. The first-order valence-electron chi connectivity index (χ1n) is 6.98. The molecular formula is C15H19N3O2. The van der Waals surface area contributed by atoms with Crippen LogP contribution >= 0.6 is 0 Å². The third-order valence-corrected chi connectivity index (χ3v) is 3.83. The number of nitrogens with one attached hydrogen (secondary N) is 1. The monoisotopic (exact) mass is 273 g/mol. The number of aromatic nitrogens is 2. The van der Waals surface area contributed by atoms with Gasteiger partial charge >= 0.3 is 0 Å². The van der Waals surface area contributed by atoms with Crippen LogP contribution in [0.5, 0.6) is 0 Å². The molecule has 0 spiro atoms. The Morgan fingerprint density at radius 1 is 1.55 bits per heavy atom. The Balaban J connectivity index is 1.58. The van der Waals surface area contributed by atoms with Gasteiger partial charge in [0.1, 0.15) is 11.6 Å². The molecule has 2 aromatic heterocycles. The summed E-state index contributed by atoms with van der Waals surface area (Å²) in [5.74, 6) is 2.68. The lowest BCUT2D eigenvalue weighted by molar-refractivity contribution is 0.0913. The minimum absolute atomic E-state index is 0.118. The van der Waals surface area contributed by atoms with Gasteiger partial charge in [0.05, 0.1) is 0 Å². The van der Waals surface area contributed by atoms with E-state index in [4.69, 9.17) is 4.42 Å². The molecule has 3 heterocycles. The molecule has 3 rings (SSSR count). The standard InChI is InChI=1S/C15H19N3O2/c1-10-7-11(2)20-14(10)15(19)17-8-12-3-4-13-16-5-6-18(13)9-12/h5-7,12H,3-4,8-9H2,1-2H3,(H,17,19)/t12-/m0/s1. The molecule has 2 aromatic rings. The fourth-order valence-electron chi connectivity index (χ4n) is 2.79. The highest BCUT2D eigenvalue weighted by molar-refractivity contribution is 5.92. The molecule has 0 saturated heterocycles. The van der Waals surface area contributed by atoms with Gasteiger partial charge in [-0.2, -0.15) is 0 Å². The number of aryl methyl sites for hydroxylation is 3. The number of hydrogen-bond acceptors (Lipinski definition) is 3. The van der Waals surface area contributed by atoms with Crippen LogP contribution in [-0.4, -0.2) is 22.0 Å². The first kappa shape index (κ1) is 13.0. The van der Waals surface area contributed by atoms with E-state index in [0.29, 0.717) is 18.2 Å². The van der Waals surface area contributed by atoms with E-state index in [1.54, 1.807) is 0 Å². The Bertz CT molecular complexity index is 627. The van der Waals surface area contributed by atoms with E-state index in [2.05, 4.69) is 14.9 Å². The van der Waals surface area contributed by atoms with E-state index in [-0.39, 0.29) is 5.91 Å². The van der Waals surface area contributed by atoms with Crippen molar-refractivity contribution < 1.29 is 9.21 Å². The van der Waals surface area contributed by atoms with Crippen LogP contribution in [0.3, 0.4) is 0 Å². The van der Waals surface area contributed by atoms with Crippen LogP contribution in [0.25, 0.3) is 0 Å². The minimum atomic E-state index is -0.118. The largest absolute Gasteiger partial charge is 0.456 e. The smallest absolute Gasteiger partial charge is 0.287 e. The predicted molar refractivity (Wildman–Crippen MR) is 74.6 cm³/mol. The van der Waals surface area contributed by atoms with Gasteiger partial charge in [-0.3, -0.25) is 4.79 Å². The molecule has 20 heavy (non-hydrogen) atoms. The number of rotatable bonds is 3. The lowest BCUT2D eigenvalue weighted by Crippen LogP contribution is -2.33. The zero-order valence-corrected chi connectivity index (χ0v) is 11.8. The number of hydrogen-bond donors (Lipinski definition) is 1. The molecule has 1 aliphatic rings. The maximum atomic E-state index is 12.1. The van der Waals surface area contributed by atoms with Crippen LogP contribution in [0.15, 0.2) is 22.9 Å². The van der Waals surface area contributed by atoms with Gasteiger partial charge < -0.3 is 14.3 Å². The van der Waals surface area contributed by atoms with Crippen LogP contribution in [0.2, 0.25) is 0 Å². The summed E-state index contributed by atoms with van der Waals surface area (Å²) in [5, 5.41) is 2.98. The summed E-state index contributed by atoms with van der Waals surface area (Å²) in [5.41, 5.74) is 0.889. The number of nitrogens with zero attached hydrogens (tertiary/aromatic N) is 2. The van der Waals surface area contributed by atoms with Gasteiger partial charge in [-0.25, -0.2) is 4.98 Å². The fraction of sp³-hybridized carbons (Fsp3) is 0.467. The lowest BCUT2D eigenvalue weighted by atomic mass is 9.99. The summed E-state index contributed by atoms with van der Waals surface area (Å²) in [6, 6.07) is 1.88. The SMILES string of the molecule is Cc1cc(C)c(C(=O)NC[C@@H]2CCc3nccn3C2)o1. The summed E-state index contributed by atoms with van der Waals surface area (Å²) in [6.07, 6.45) is 5.88. The van der Waals surface area contributed by atoms with E-state index in [1.807, 2.05) is 32.3 Å². The summed E-state index contributed by atoms with van der Waals surface area (Å²) in [6.45, 7) is 5.34. The maximum Gasteiger partial charge on any atom is 0.287 e. The van der Waals surface area contributed by atoms with Gasteiger partial charge in [-0.05, 0) is 32.3 Å². The second-order valence-electron chi connectivity index (χ2n) is 5.48. The minimum Gasteiger partial charge on any atom is -0.456 e. The third-order valence-electron chi connectivity index (χ3n) is 3.83. The Kier molecular flexibility index (Phi) is 3.34. The molecule has 0 saturated carbocycles. The van der Waals surface area contributed by atoms with E-state index >= 15 is 0 Å². The van der Waals surface area contributed by atoms with Crippen LogP contribution in [-0.2, 0) is 13.0 Å². The van der Waals surface area contributed by atoms with E-state index in [9.17, 15) is 4.79 Å². The number of furan rings is 1. The quantitative estimate of drug-likeness (QED) is 0.931.